The van der Waals surface area contributed by atoms with Gasteiger partial charge in [-0.05, 0) is 23.6 Å². The fourth-order valence-corrected chi connectivity index (χ4v) is 1.96. The van der Waals surface area contributed by atoms with Crippen LogP contribution in [0.4, 0.5) is 0 Å². The van der Waals surface area contributed by atoms with Crippen LogP contribution in [-0.4, -0.2) is 36.0 Å². The molecule has 0 aliphatic heterocycles. The van der Waals surface area contributed by atoms with Crippen molar-refractivity contribution >= 4 is 11.9 Å². The third kappa shape index (κ3) is 5.30. The molecule has 0 aromatic heterocycles. The smallest absolute Gasteiger partial charge is 0.303 e. The fraction of sp³-hybridized carbons (Fsp3) is 0.467. The van der Waals surface area contributed by atoms with Crippen LogP contribution < -0.4 is 4.74 Å². The Labute approximate surface area is 119 Å². The number of methoxy groups -OCH3 is 1. The SMILES string of the molecule is COc1cccc(CN(C)C(=O)CC(C)CC(=O)O)c1. The Morgan fingerprint density at radius 2 is 2.05 bits per heavy atom. The van der Waals surface area contributed by atoms with Gasteiger partial charge >= 0.3 is 5.97 Å². The molecular weight excluding hydrogens is 258 g/mol. The van der Waals surface area contributed by atoms with Crippen molar-refractivity contribution in [1.29, 1.82) is 0 Å². The molecule has 5 heteroatoms. The summed E-state index contributed by atoms with van der Waals surface area (Å²) in [4.78, 5) is 24.2. The van der Waals surface area contributed by atoms with Gasteiger partial charge in [0.05, 0.1) is 7.11 Å². The Balaban J connectivity index is 2.54. The standard InChI is InChI=1S/C15H21NO4/c1-11(8-15(18)19)7-14(17)16(2)10-12-5-4-6-13(9-12)20-3/h4-6,9,11H,7-8,10H2,1-3H3,(H,18,19). The average Bonchev–Trinajstić information content (AvgIpc) is 2.37. The number of hydrogen-bond donors (Lipinski definition) is 1. The average molecular weight is 279 g/mol. The zero-order valence-corrected chi connectivity index (χ0v) is 12.1. The Bertz CT molecular complexity index is 473. The van der Waals surface area contributed by atoms with Crippen LogP contribution in [0.1, 0.15) is 25.3 Å². The van der Waals surface area contributed by atoms with Gasteiger partial charge in [0.2, 0.25) is 5.91 Å². The summed E-state index contributed by atoms with van der Waals surface area (Å²) >= 11 is 0. The highest BCUT2D eigenvalue weighted by Crippen LogP contribution is 2.15. The first-order valence-corrected chi connectivity index (χ1v) is 6.51. The summed E-state index contributed by atoms with van der Waals surface area (Å²) in [5.41, 5.74) is 0.978. The van der Waals surface area contributed by atoms with Gasteiger partial charge in [0, 0.05) is 26.4 Å². The summed E-state index contributed by atoms with van der Waals surface area (Å²) in [5, 5.41) is 8.69. The van der Waals surface area contributed by atoms with Crippen molar-refractivity contribution in [2.45, 2.75) is 26.3 Å². The number of aliphatic carboxylic acids is 1. The molecule has 1 aromatic rings. The molecule has 0 aliphatic carbocycles. The van der Waals surface area contributed by atoms with Crippen LogP contribution in [-0.2, 0) is 16.1 Å². The highest BCUT2D eigenvalue weighted by molar-refractivity contribution is 5.77. The summed E-state index contributed by atoms with van der Waals surface area (Å²) in [6, 6.07) is 7.53. The second kappa shape index (κ2) is 7.53. The number of carbonyl (C=O) groups is 2. The van der Waals surface area contributed by atoms with Gasteiger partial charge < -0.3 is 14.7 Å². The van der Waals surface area contributed by atoms with E-state index in [1.807, 2.05) is 24.3 Å². The number of rotatable bonds is 7. The van der Waals surface area contributed by atoms with Crippen LogP contribution >= 0.6 is 0 Å². The minimum Gasteiger partial charge on any atom is -0.497 e. The van der Waals surface area contributed by atoms with Gasteiger partial charge in [0.25, 0.3) is 0 Å². The normalized spacial score (nSPS) is 11.8. The highest BCUT2D eigenvalue weighted by atomic mass is 16.5. The molecule has 0 fully saturated rings. The van der Waals surface area contributed by atoms with E-state index in [1.54, 1.807) is 26.0 Å². The maximum absolute atomic E-state index is 12.0. The van der Waals surface area contributed by atoms with Gasteiger partial charge in [-0.1, -0.05) is 19.1 Å². The van der Waals surface area contributed by atoms with E-state index in [0.717, 1.165) is 11.3 Å². The van der Waals surface area contributed by atoms with Crippen molar-refractivity contribution in [1.82, 2.24) is 4.90 Å². The van der Waals surface area contributed by atoms with Gasteiger partial charge in [-0.3, -0.25) is 9.59 Å². The Morgan fingerprint density at radius 3 is 2.65 bits per heavy atom. The number of carbonyl (C=O) groups excluding carboxylic acids is 1. The molecule has 0 saturated carbocycles. The van der Waals surface area contributed by atoms with Crippen LogP contribution in [0.2, 0.25) is 0 Å². The molecule has 0 radical (unpaired) electrons. The molecule has 0 heterocycles. The largest absolute Gasteiger partial charge is 0.497 e. The molecule has 1 rings (SSSR count). The Kier molecular flexibility index (Phi) is 6.03. The van der Waals surface area contributed by atoms with Crippen molar-refractivity contribution in [3.05, 3.63) is 29.8 Å². The summed E-state index contributed by atoms with van der Waals surface area (Å²) in [5.74, 6) is -0.335. The summed E-state index contributed by atoms with van der Waals surface area (Å²) in [6.07, 6.45) is 0.255. The monoisotopic (exact) mass is 279 g/mol. The predicted octanol–water partition coefficient (Wildman–Crippen LogP) is 2.15. The Morgan fingerprint density at radius 1 is 1.35 bits per heavy atom. The summed E-state index contributed by atoms with van der Waals surface area (Å²) in [6.45, 7) is 2.25. The van der Waals surface area contributed by atoms with Gasteiger partial charge in [0.15, 0.2) is 0 Å². The lowest BCUT2D eigenvalue weighted by molar-refractivity contribution is -0.138. The van der Waals surface area contributed by atoms with Crippen molar-refractivity contribution in [3.8, 4) is 5.75 Å². The first-order valence-electron chi connectivity index (χ1n) is 6.51. The van der Waals surface area contributed by atoms with E-state index in [-0.39, 0.29) is 24.7 Å². The molecule has 1 amide bonds. The van der Waals surface area contributed by atoms with Gasteiger partial charge in [0.1, 0.15) is 5.75 Å². The third-order valence-corrected chi connectivity index (χ3v) is 3.03. The maximum atomic E-state index is 12.0. The van der Waals surface area contributed by atoms with Gasteiger partial charge in [-0.15, -0.1) is 0 Å². The molecule has 110 valence electrons. The molecule has 1 N–H and O–H groups in total. The van der Waals surface area contributed by atoms with Crippen LogP contribution in [0.15, 0.2) is 24.3 Å². The number of carboxylic acids is 1. The first kappa shape index (κ1) is 16.0. The quantitative estimate of drug-likeness (QED) is 0.830. The lowest BCUT2D eigenvalue weighted by Crippen LogP contribution is -2.28. The van der Waals surface area contributed by atoms with E-state index < -0.39 is 5.97 Å². The number of ether oxygens (including phenoxy) is 1. The van der Waals surface area contributed by atoms with Crippen LogP contribution in [0.25, 0.3) is 0 Å². The van der Waals surface area contributed by atoms with Gasteiger partial charge in [-0.25, -0.2) is 0 Å². The molecule has 0 saturated heterocycles. The molecule has 1 aromatic carbocycles. The second-order valence-electron chi connectivity index (χ2n) is 5.01. The second-order valence-corrected chi connectivity index (χ2v) is 5.01. The van der Waals surface area contributed by atoms with Crippen molar-refractivity contribution in [2.24, 2.45) is 5.92 Å². The maximum Gasteiger partial charge on any atom is 0.303 e. The number of benzene rings is 1. The number of nitrogens with zero attached hydrogens (tertiary/aromatic N) is 1. The topological polar surface area (TPSA) is 66.8 Å². The molecule has 0 aliphatic rings. The van der Waals surface area contributed by atoms with Crippen molar-refractivity contribution in [3.63, 3.8) is 0 Å². The van der Waals surface area contributed by atoms with E-state index in [2.05, 4.69) is 0 Å². The Hall–Kier alpha value is -2.04. The molecule has 20 heavy (non-hydrogen) atoms. The lowest BCUT2D eigenvalue weighted by Gasteiger charge is -2.19. The number of carboxylic acid groups (broad SMARTS) is 1. The van der Waals surface area contributed by atoms with E-state index >= 15 is 0 Å². The van der Waals surface area contributed by atoms with E-state index in [1.165, 1.54) is 0 Å². The van der Waals surface area contributed by atoms with E-state index in [9.17, 15) is 9.59 Å². The van der Waals surface area contributed by atoms with Crippen LogP contribution in [0, 0.1) is 5.92 Å². The first-order chi connectivity index (χ1) is 9.42. The lowest BCUT2D eigenvalue weighted by atomic mass is 10.0. The predicted molar refractivity (Wildman–Crippen MR) is 75.5 cm³/mol. The summed E-state index contributed by atoms with van der Waals surface area (Å²) < 4.78 is 5.14. The molecule has 1 unspecified atom stereocenters. The minimum absolute atomic E-state index is 0.0126. The molecule has 0 spiro atoms. The van der Waals surface area contributed by atoms with Crippen molar-refractivity contribution < 1.29 is 19.4 Å². The molecular formula is C15H21NO4. The third-order valence-electron chi connectivity index (χ3n) is 3.03. The zero-order chi connectivity index (χ0) is 15.1. The van der Waals surface area contributed by atoms with Crippen LogP contribution in [0.5, 0.6) is 5.75 Å². The summed E-state index contributed by atoms with van der Waals surface area (Å²) in [7, 11) is 3.32. The number of amides is 1. The highest BCUT2D eigenvalue weighted by Gasteiger charge is 2.16. The molecule has 0 bridgehead atoms. The molecule has 1 atom stereocenters. The van der Waals surface area contributed by atoms with E-state index in [4.69, 9.17) is 9.84 Å². The molecule has 5 nitrogen and oxygen atoms in total. The fourth-order valence-electron chi connectivity index (χ4n) is 1.96. The zero-order valence-electron chi connectivity index (χ0n) is 12.1. The van der Waals surface area contributed by atoms with Crippen molar-refractivity contribution in [2.75, 3.05) is 14.2 Å². The van der Waals surface area contributed by atoms with Crippen LogP contribution in [0.3, 0.4) is 0 Å². The number of hydrogen-bond acceptors (Lipinski definition) is 3. The minimum atomic E-state index is -0.874. The van der Waals surface area contributed by atoms with Gasteiger partial charge in [-0.2, -0.15) is 0 Å². The van der Waals surface area contributed by atoms with E-state index in [0.29, 0.717) is 6.54 Å².